The molecule has 0 saturated heterocycles. The van der Waals surface area contributed by atoms with Crippen LogP contribution in [-0.2, 0) is 6.42 Å². The smallest absolute Gasteiger partial charge is 0.294 e. The van der Waals surface area contributed by atoms with Crippen LogP contribution < -0.4 is 0 Å². The molecule has 7 heteroatoms. The van der Waals surface area contributed by atoms with E-state index in [-0.39, 0.29) is 11.7 Å². The number of H-pyrrole nitrogens is 1. The van der Waals surface area contributed by atoms with Crippen LogP contribution in [0.5, 0.6) is 0 Å². The lowest BCUT2D eigenvalue weighted by atomic mass is 9.99. The highest BCUT2D eigenvalue weighted by atomic mass is 16.5. The molecule has 0 fully saturated rings. The molecule has 6 rings (SSSR count). The third kappa shape index (κ3) is 2.40. The molecular weight excluding hydrogens is 368 g/mol. The van der Waals surface area contributed by atoms with E-state index in [1.54, 1.807) is 11.2 Å². The molecule has 4 heterocycles. The number of rotatable bonds is 2. The van der Waals surface area contributed by atoms with Gasteiger partial charge in [0.25, 0.3) is 5.91 Å². The molecule has 7 nitrogen and oxygen atoms in total. The lowest BCUT2D eigenvalue weighted by Crippen LogP contribution is -2.40. The number of nitrogens with zero attached hydrogens (tertiary/aromatic N) is 3. The lowest BCUT2D eigenvalue weighted by Gasteiger charge is -2.33. The molecule has 1 atom stereocenters. The Morgan fingerprint density at radius 1 is 1.14 bits per heavy atom. The summed E-state index contributed by atoms with van der Waals surface area (Å²) in [5, 5.41) is 5.72. The number of carbonyl (C=O) groups excluding carboxylic acids is 1. The molecule has 1 aliphatic rings. The summed E-state index contributed by atoms with van der Waals surface area (Å²) in [6, 6.07) is 16.8. The van der Waals surface area contributed by atoms with Crippen molar-refractivity contribution in [1.82, 2.24) is 20.0 Å². The van der Waals surface area contributed by atoms with Crippen molar-refractivity contribution < 1.29 is 13.7 Å². The van der Waals surface area contributed by atoms with E-state index in [2.05, 4.69) is 15.1 Å². The summed E-state index contributed by atoms with van der Waals surface area (Å²) in [5.74, 6) is 0.690. The van der Waals surface area contributed by atoms with Crippen LogP contribution in [0.25, 0.3) is 21.9 Å². The van der Waals surface area contributed by atoms with E-state index >= 15 is 0 Å². The molecule has 0 bridgehead atoms. The van der Waals surface area contributed by atoms with Crippen LogP contribution in [-0.4, -0.2) is 32.5 Å². The van der Waals surface area contributed by atoms with Gasteiger partial charge in [0.15, 0.2) is 0 Å². The molecule has 0 radical (unpaired) electrons. The molecule has 29 heavy (non-hydrogen) atoms. The van der Waals surface area contributed by atoms with Gasteiger partial charge in [0.05, 0.1) is 17.4 Å². The van der Waals surface area contributed by atoms with Crippen LogP contribution in [0.2, 0.25) is 0 Å². The Morgan fingerprint density at radius 2 is 2.00 bits per heavy atom. The van der Waals surface area contributed by atoms with Gasteiger partial charge in [0.2, 0.25) is 5.76 Å². The fourth-order valence-corrected chi connectivity index (χ4v) is 4.09. The van der Waals surface area contributed by atoms with E-state index in [1.807, 2.05) is 54.6 Å². The highest BCUT2D eigenvalue weighted by Crippen LogP contribution is 2.37. The number of nitrogens with one attached hydrogen (secondary N) is 1. The highest BCUT2D eigenvalue weighted by molar-refractivity contribution is 6.04. The first-order chi connectivity index (χ1) is 14.3. The topological polar surface area (TPSA) is 88.2 Å². The van der Waals surface area contributed by atoms with Crippen LogP contribution in [0.1, 0.15) is 33.7 Å². The maximum atomic E-state index is 13.5. The zero-order valence-electron chi connectivity index (χ0n) is 15.3. The monoisotopic (exact) mass is 384 g/mol. The average molecular weight is 384 g/mol. The molecular formula is C22H16N4O3. The van der Waals surface area contributed by atoms with Crippen LogP contribution in [0.15, 0.2) is 69.9 Å². The lowest BCUT2D eigenvalue weighted by molar-refractivity contribution is 0.0633. The summed E-state index contributed by atoms with van der Waals surface area (Å²) in [5.41, 5.74) is 3.26. The van der Waals surface area contributed by atoms with Gasteiger partial charge in [-0.1, -0.05) is 35.5 Å². The minimum absolute atomic E-state index is 0.224. The molecule has 142 valence electrons. The number of hydrogen-bond acceptors (Lipinski definition) is 5. The second-order valence-corrected chi connectivity index (χ2v) is 7.13. The number of imidazole rings is 1. The summed E-state index contributed by atoms with van der Waals surface area (Å²) < 4.78 is 11.6. The molecule has 0 unspecified atom stereocenters. The summed E-state index contributed by atoms with van der Waals surface area (Å²) in [6.07, 6.45) is 2.35. The third-order valence-corrected chi connectivity index (χ3v) is 5.48. The van der Waals surface area contributed by atoms with Crippen LogP contribution in [0.4, 0.5) is 0 Å². The van der Waals surface area contributed by atoms with Gasteiger partial charge in [0.1, 0.15) is 22.9 Å². The maximum Gasteiger partial charge on any atom is 0.294 e. The van der Waals surface area contributed by atoms with Crippen molar-refractivity contribution in [3.05, 3.63) is 83.8 Å². The minimum atomic E-state index is -0.436. The number of aromatic nitrogens is 3. The van der Waals surface area contributed by atoms with Crippen molar-refractivity contribution in [2.75, 3.05) is 6.54 Å². The van der Waals surface area contributed by atoms with Gasteiger partial charge in [-0.15, -0.1) is 0 Å². The molecule has 0 spiro atoms. The Morgan fingerprint density at radius 3 is 2.93 bits per heavy atom. The number of aromatic amines is 1. The summed E-state index contributed by atoms with van der Waals surface area (Å²) in [4.78, 5) is 23.0. The molecule has 0 aliphatic carbocycles. The Balaban J connectivity index is 1.49. The quantitative estimate of drug-likeness (QED) is 0.495. The first-order valence-corrected chi connectivity index (χ1v) is 9.45. The molecule has 1 N–H and O–H groups in total. The second kappa shape index (κ2) is 6.07. The van der Waals surface area contributed by atoms with Gasteiger partial charge in [-0.2, -0.15) is 0 Å². The summed E-state index contributed by atoms with van der Waals surface area (Å²) in [6.45, 7) is 0.519. The fraction of sp³-hybridized carbons (Fsp3) is 0.136. The molecule has 3 aromatic heterocycles. The number of carbonyl (C=O) groups is 1. The van der Waals surface area contributed by atoms with Gasteiger partial charge in [-0.25, -0.2) is 4.98 Å². The summed E-state index contributed by atoms with van der Waals surface area (Å²) >= 11 is 0. The Labute approximate surface area is 164 Å². The highest BCUT2D eigenvalue weighted by Gasteiger charge is 2.38. The zero-order valence-corrected chi connectivity index (χ0v) is 15.3. The van der Waals surface area contributed by atoms with Gasteiger partial charge >= 0.3 is 0 Å². The normalized spacial score (nSPS) is 16.4. The van der Waals surface area contributed by atoms with E-state index in [0.717, 1.165) is 22.4 Å². The zero-order chi connectivity index (χ0) is 19.4. The Hall–Kier alpha value is -3.87. The van der Waals surface area contributed by atoms with Crippen molar-refractivity contribution in [2.24, 2.45) is 0 Å². The minimum Gasteiger partial charge on any atom is -0.458 e. The van der Waals surface area contributed by atoms with Crippen molar-refractivity contribution in [3.63, 3.8) is 0 Å². The van der Waals surface area contributed by atoms with Gasteiger partial charge in [-0.3, -0.25) is 4.79 Å². The van der Waals surface area contributed by atoms with E-state index in [1.165, 1.54) is 0 Å². The van der Waals surface area contributed by atoms with Crippen LogP contribution >= 0.6 is 0 Å². The number of furan rings is 1. The third-order valence-electron chi connectivity index (χ3n) is 5.48. The summed E-state index contributed by atoms with van der Waals surface area (Å²) in [7, 11) is 0. The first kappa shape index (κ1) is 16.1. The molecule has 5 aromatic rings. The predicted octanol–water partition coefficient (Wildman–Crippen LogP) is 4.09. The predicted molar refractivity (Wildman–Crippen MR) is 105 cm³/mol. The Kier molecular flexibility index (Phi) is 3.37. The van der Waals surface area contributed by atoms with E-state index in [4.69, 9.17) is 8.94 Å². The van der Waals surface area contributed by atoms with Crippen molar-refractivity contribution >= 4 is 27.8 Å². The second-order valence-electron chi connectivity index (χ2n) is 7.13. The first-order valence-electron chi connectivity index (χ1n) is 9.45. The Bertz CT molecular complexity index is 1330. The van der Waals surface area contributed by atoms with E-state index < -0.39 is 6.04 Å². The number of hydrogen-bond donors (Lipinski definition) is 1. The largest absolute Gasteiger partial charge is 0.458 e. The SMILES string of the molecule is O=C(c1onc2ccccc12)N1CCc2[nH]cnc2[C@H]1c1cc2ccccc2o1. The van der Waals surface area contributed by atoms with Crippen molar-refractivity contribution in [3.8, 4) is 0 Å². The van der Waals surface area contributed by atoms with Crippen LogP contribution in [0, 0.1) is 0 Å². The van der Waals surface area contributed by atoms with Crippen LogP contribution in [0.3, 0.4) is 0 Å². The van der Waals surface area contributed by atoms with E-state index in [9.17, 15) is 4.79 Å². The van der Waals surface area contributed by atoms with Gasteiger partial charge in [0, 0.05) is 24.0 Å². The molecule has 2 aromatic carbocycles. The van der Waals surface area contributed by atoms with Gasteiger partial charge in [-0.05, 0) is 24.3 Å². The number of benzene rings is 2. The average Bonchev–Trinajstić information content (AvgIpc) is 3.49. The van der Waals surface area contributed by atoms with Crippen molar-refractivity contribution in [2.45, 2.75) is 12.5 Å². The number of para-hydroxylation sites is 1. The molecule has 1 aliphatic heterocycles. The maximum absolute atomic E-state index is 13.5. The molecule has 1 amide bonds. The van der Waals surface area contributed by atoms with E-state index in [0.29, 0.717) is 29.6 Å². The fourth-order valence-electron chi connectivity index (χ4n) is 4.09. The van der Waals surface area contributed by atoms with Crippen molar-refractivity contribution in [1.29, 1.82) is 0 Å². The standard InChI is InChI=1S/C22H16N4O3/c27-22(21-14-6-2-3-7-15(14)25-29-21)26-10-9-16-19(24-12-23-16)20(26)18-11-13-5-1-4-8-17(13)28-18/h1-8,11-12,20H,9-10H2,(H,23,24)/t20-/m1/s1. The van der Waals surface area contributed by atoms with Gasteiger partial charge < -0.3 is 18.8 Å². The number of fused-ring (bicyclic) bond motifs is 3. The molecule has 0 saturated carbocycles. The number of amides is 1.